The number of amides is 1. The van der Waals surface area contributed by atoms with Crippen LogP contribution in [0.5, 0.6) is 0 Å². The van der Waals surface area contributed by atoms with Crippen molar-refractivity contribution in [1.29, 1.82) is 0 Å². The monoisotopic (exact) mass is 195 g/mol. The normalized spacial score (nSPS) is 39.2. The van der Waals surface area contributed by atoms with E-state index >= 15 is 0 Å². The summed E-state index contributed by atoms with van der Waals surface area (Å²) in [6.45, 7) is 2.32. The second-order valence-corrected chi connectivity index (χ2v) is 5.22. The van der Waals surface area contributed by atoms with Crippen molar-refractivity contribution in [2.24, 2.45) is 5.92 Å². The Morgan fingerprint density at radius 1 is 1.21 bits per heavy atom. The summed E-state index contributed by atoms with van der Waals surface area (Å²) in [5, 5.41) is 3.28. The Bertz CT molecular complexity index is 216. The lowest BCUT2D eigenvalue weighted by molar-refractivity contribution is -0.123. The van der Waals surface area contributed by atoms with Crippen LogP contribution in [0.1, 0.15) is 58.3 Å². The van der Waals surface area contributed by atoms with Gasteiger partial charge < -0.3 is 5.32 Å². The minimum absolute atomic E-state index is 0.195. The zero-order valence-electron chi connectivity index (χ0n) is 9.14. The highest BCUT2D eigenvalue weighted by molar-refractivity contribution is 5.77. The maximum Gasteiger partial charge on any atom is 0.220 e. The molecule has 1 aliphatic carbocycles. The lowest BCUT2D eigenvalue weighted by atomic mass is 9.75. The first-order valence-corrected chi connectivity index (χ1v) is 6.01. The van der Waals surface area contributed by atoms with E-state index in [1.807, 2.05) is 0 Å². The standard InChI is InChI=1S/C12H21NO/c1-10-5-8-12(9-6-10)7-3-2-4-11(14)13-12/h10H,2-9H2,1H3,(H,13,14). The van der Waals surface area contributed by atoms with Gasteiger partial charge in [-0.25, -0.2) is 0 Å². The van der Waals surface area contributed by atoms with Gasteiger partial charge in [-0.05, 0) is 44.4 Å². The summed E-state index contributed by atoms with van der Waals surface area (Å²) in [6.07, 6.45) is 9.28. The van der Waals surface area contributed by atoms with Crippen molar-refractivity contribution in [3.8, 4) is 0 Å². The molecule has 1 aliphatic heterocycles. The van der Waals surface area contributed by atoms with Gasteiger partial charge >= 0.3 is 0 Å². The van der Waals surface area contributed by atoms with Crippen LogP contribution in [-0.2, 0) is 4.79 Å². The van der Waals surface area contributed by atoms with Gasteiger partial charge in [-0.1, -0.05) is 13.3 Å². The first-order chi connectivity index (χ1) is 6.70. The number of nitrogens with one attached hydrogen (secondary N) is 1. The van der Waals surface area contributed by atoms with Gasteiger partial charge in [0.15, 0.2) is 0 Å². The molecule has 80 valence electrons. The third-order valence-corrected chi connectivity index (χ3v) is 3.95. The molecular formula is C12H21NO. The van der Waals surface area contributed by atoms with Gasteiger partial charge in [0.05, 0.1) is 0 Å². The van der Waals surface area contributed by atoms with Crippen LogP contribution in [0.25, 0.3) is 0 Å². The third kappa shape index (κ3) is 2.10. The molecule has 0 atom stereocenters. The number of carbonyl (C=O) groups excluding carboxylic acids is 1. The molecule has 0 bridgehead atoms. The van der Waals surface area contributed by atoms with Crippen molar-refractivity contribution in [1.82, 2.24) is 5.32 Å². The van der Waals surface area contributed by atoms with Crippen LogP contribution in [0.4, 0.5) is 0 Å². The lowest BCUT2D eigenvalue weighted by Gasteiger charge is -2.39. The molecule has 1 heterocycles. The molecule has 1 saturated heterocycles. The summed E-state index contributed by atoms with van der Waals surface area (Å²) in [6, 6.07) is 0. The molecule has 1 N–H and O–H groups in total. The SMILES string of the molecule is CC1CCC2(CCCCC(=O)N2)CC1. The van der Waals surface area contributed by atoms with Crippen LogP contribution in [-0.4, -0.2) is 11.4 Å². The van der Waals surface area contributed by atoms with Gasteiger partial charge in [0.2, 0.25) is 5.91 Å². The molecule has 1 spiro atoms. The molecule has 2 heteroatoms. The molecule has 0 aromatic rings. The average Bonchev–Trinajstić information content (AvgIpc) is 2.34. The molecule has 0 radical (unpaired) electrons. The number of carbonyl (C=O) groups is 1. The number of hydrogen-bond donors (Lipinski definition) is 1. The molecule has 2 fully saturated rings. The summed E-state index contributed by atoms with van der Waals surface area (Å²) in [5.74, 6) is 1.15. The maximum absolute atomic E-state index is 11.5. The zero-order valence-corrected chi connectivity index (χ0v) is 9.14. The highest BCUT2D eigenvalue weighted by Gasteiger charge is 2.36. The van der Waals surface area contributed by atoms with E-state index in [0.717, 1.165) is 18.8 Å². The Morgan fingerprint density at radius 2 is 1.93 bits per heavy atom. The topological polar surface area (TPSA) is 29.1 Å². The van der Waals surface area contributed by atoms with Gasteiger partial charge in [-0.3, -0.25) is 4.79 Å². The minimum Gasteiger partial charge on any atom is -0.351 e. The first-order valence-electron chi connectivity index (χ1n) is 6.01. The first kappa shape index (κ1) is 10.0. The average molecular weight is 195 g/mol. The van der Waals surface area contributed by atoms with Gasteiger partial charge in [-0.2, -0.15) is 0 Å². The van der Waals surface area contributed by atoms with E-state index in [2.05, 4.69) is 12.2 Å². The van der Waals surface area contributed by atoms with Crippen LogP contribution in [0.15, 0.2) is 0 Å². The fraction of sp³-hybridized carbons (Fsp3) is 0.917. The van der Waals surface area contributed by atoms with Crippen LogP contribution in [0, 0.1) is 5.92 Å². The van der Waals surface area contributed by atoms with E-state index < -0.39 is 0 Å². The fourth-order valence-corrected chi connectivity index (χ4v) is 2.86. The van der Waals surface area contributed by atoms with E-state index in [1.54, 1.807) is 0 Å². The Morgan fingerprint density at radius 3 is 2.64 bits per heavy atom. The van der Waals surface area contributed by atoms with Gasteiger partial charge in [-0.15, -0.1) is 0 Å². The van der Waals surface area contributed by atoms with Crippen molar-refractivity contribution in [3.05, 3.63) is 0 Å². The molecule has 0 aromatic carbocycles. The second kappa shape index (κ2) is 3.92. The minimum atomic E-state index is 0.195. The van der Waals surface area contributed by atoms with Crippen molar-refractivity contribution in [3.63, 3.8) is 0 Å². The van der Waals surface area contributed by atoms with Crippen molar-refractivity contribution < 1.29 is 4.79 Å². The Labute approximate surface area is 86.5 Å². The van der Waals surface area contributed by atoms with Crippen molar-refractivity contribution >= 4 is 5.91 Å². The summed E-state index contributed by atoms with van der Waals surface area (Å²) in [5.41, 5.74) is 0.195. The zero-order chi connectivity index (χ0) is 10.0. The summed E-state index contributed by atoms with van der Waals surface area (Å²) >= 11 is 0. The molecule has 2 nitrogen and oxygen atoms in total. The molecule has 1 saturated carbocycles. The quantitative estimate of drug-likeness (QED) is 0.632. The summed E-state index contributed by atoms with van der Waals surface area (Å²) in [7, 11) is 0. The van der Waals surface area contributed by atoms with Crippen LogP contribution in [0.3, 0.4) is 0 Å². The van der Waals surface area contributed by atoms with Crippen LogP contribution >= 0.6 is 0 Å². The summed E-state index contributed by atoms with van der Waals surface area (Å²) in [4.78, 5) is 11.5. The molecule has 14 heavy (non-hydrogen) atoms. The smallest absolute Gasteiger partial charge is 0.220 e. The predicted octanol–water partition coefficient (Wildman–Crippen LogP) is 2.63. The van der Waals surface area contributed by atoms with E-state index in [4.69, 9.17) is 0 Å². The van der Waals surface area contributed by atoms with Crippen LogP contribution < -0.4 is 5.32 Å². The number of hydrogen-bond acceptors (Lipinski definition) is 1. The second-order valence-electron chi connectivity index (χ2n) is 5.22. The summed E-state index contributed by atoms with van der Waals surface area (Å²) < 4.78 is 0. The van der Waals surface area contributed by atoms with Gasteiger partial charge in [0.1, 0.15) is 0 Å². The lowest BCUT2D eigenvalue weighted by Crippen LogP contribution is -2.49. The maximum atomic E-state index is 11.5. The van der Waals surface area contributed by atoms with E-state index in [-0.39, 0.29) is 11.4 Å². The number of rotatable bonds is 0. The molecular weight excluding hydrogens is 174 g/mol. The van der Waals surface area contributed by atoms with Crippen molar-refractivity contribution in [2.75, 3.05) is 0 Å². The fourth-order valence-electron chi connectivity index (χ4n) is 2.86. The predicted molar refractivity (Wildman–Crippen MR) is 57.0 cm³/mol. The molecule has 0 unspecified atom stereocenters. The molecule has 0 aromatic heterocycles. The molecule has 2 aliphatic rings. The Kier molecular flexibility index (Phi) is 2.80. The molecule has 2 rings (SSSR count). The van der Waals surface area contributed by atoms with Crippen molar-refractivity contribution in [2.45, 2.75) is 63.8 Å². The van der Waals surface area contributed by atoms with Gasteiger partial charge in [0.25, 0.3) is 0 Å². The highest BCUT2D eigenvalue weighted by Crippen LogP contribution is 2.36. The largest absolute Gasteiger partial charge is 0.351 e. The molecule has 1 amide bonds. The van der Waals surface area contributed by atoms with E-state index in [1.165, 1.54) is 38.5 Å². The highest BCUT2D eigenvalue weighted by atomic mass is 16.1. The third-order valence-electron chi connectivity index (χ3n) is 3.95. The Hall–Kier alpha value is -0.530. The van der Waals surface area contributed by atoms with E-state index in [0.29, 0.717) is 0 Å². The van der Waals surface area contributed by atoms with E-state index in [9.17, 15) is 4.79 Å². The van der Waals surface area contributed by atoms with Gasteiger partial charge in [0, 0.05) is 12.0 Å². The van der Waals surface area contributed by atoms with Crippen LogP contribution in [0.2, 0.25) is 0 Å². The Balaban J connectivity index is 2.02.